The van der Waals surface area contributed by atoms with Crippen LogP contribution in [0.15, 0.2) is 117 Å². The number of carbonyl (C=O) groups is 5. The molecule has 8 rings (SSSR count). The molecule has 4 heterocycles. The van der Waals surface area contributed by atoms with E-state index in [0.29, 0.717) is 64.5 Å². The second kappa shape index (κ2) is 30.0. The maximum atomic E-state index is 14.4. The summed E-state index contributed by atoms with van der Waals surface area (Å²) in [6.07, 6.45) is 3.22. The number of aryl methyl sites for hydroxylation is 1. The molecule has 1 aromatic heterocycles. The summed E-state index contributed by atoms with van der Waals surface area (Å²) in [4.78, 5) is 79.6. The Kier molecular flexibility index (Phi) is 23.2. The van der Waals surface area contributed by atoms with E-state index in [9.17, 15) is 59.1 Å². The quantitative estimate of drug-likeness (QED) is 0.0270. The maximum Gasteiger partial charge on any atom is 0.501 e. The SMILES string of the molecule is Cc1ncsc1-c1ccc([C@H](C)NC(=O)[C@@H]2C[C@@H](O)CN2C(=O)[C@@H](NC(=O)CCCCCC(=O)N2CCN(CC[C@@H](CSc3ccccc3)Nc3ccc(S(=O)(=O)NC(=O)c4ccc(N5CCC(C)(C)CC5)cc4)cc3S(=O)(=O)C(F)(F)F)CC2)C(C)(C)C)cc1. The summed E-state index contributed by atoms with van der Waals surface area (Å²) in [6, 6.07) is 22.7. The summed E-state index contributed by atoms with van der Waals surface area (Å²) in [5, 5.41) is 19.6. The zero-order chi connectivity index (χ0) is 66.1. The lowest BCUT2D eigenvalue weighted by Gasteiger charge is -2.38. The molecule has 0 radical (unpaired) electrons. The molecule has 0 spiro atoms. The van der Waals surface area contributed by atoms with E-state index in [0.717, 1.165) is 70.3 Å². The smallest absolute Gasteiger partial charge is 0.391 e. The van der Waals surface area contributed by atoms with Crippen LogP contribution in [0.1, 0.15) is 127 Å². The predicted octanol–water partition coefficient (Wildman–Crippen LogP) is 9.58. The van der Waals surface area contributed by atoms with Crippen molar-refractivity contribution < 1.29 is 59.1 Å². The molecular weight excluding hydrogens is 1250 g/mol. The minimum absolute atomic E-state index is 0.0263. The summed E-state index contributed by atoms with van der Waals surface area (Å²) in [5.41, 5.74) is -1.40. The monoisotopic (exact) mass is 1340 g/mol. The molecule has 3 aliphatic heterocycles. The highest BCUT2D eigenvalue weighted by molar-refractivity contribution is 7.99. The number of thioether (sulfide) groups is 1. The van der Waals surface area contributed by atoms with Gasteiger partial charge in [0.15, 0.2) is 0 Å². The minimum atomic E-state index is -6.15. The number of piperazine rings is 1. The molecule has 494 valence electrons. The molecule has 5 N–H and O–H groups in total. The summed E-state index contributed by atoms with van der Waals surface area (Å²) in [7, 11) is -11.0. The molecule has 0 unspecified atom stereocenters. The number of rotatable bonds is 25. The van der Waals surface area contributed by atoms with Crippen LogP contribution >= 0.6 is 23.1 Å². The number of piperidine rings is 1. The van der Waals surface area contributed by atoms with Gasteiger partial charge in [0.25, 0.3) is 25.8 Å². The standard InChI is InChI=1S/C65H84F3N9O10S4/c1-43(45-18-20-46(21-19-45)58-44(2)69-42-89-58)70-61(82)54-38-50(78)40-77(54)62(83)59(63(3,4)5)72-56(79)16-12-9-13-17-57(80)76-36-34-74(35-37-76)31-28-48(41-88-51-14-10-8-11-15-51)71-53-27-26-52(39-55(53)90(84,85)65(66,67)68)91(86,87)73-60(81)47-22-24-49(25-23-47)75-32-29-64(6,7)30-33-75/h8,10-11,14-15,18-27,39,42-43,48,50,54,59,71,78H,9,12-13,16-17,28-38,40-41H2,1-7H3,(H,70,82)(H,72,79)(H,73,81)/t43-,48-,50+,54-,59+/m0/s1. The Balaban J connectivity index is 0.809. The number of hydrogen-bond acceptors (Lipinski definition) is 16. The number of amides is 5. The molecule has 5 aromatic rings. The zero-order valence-electron chi connectivity index (χ0n) is 52.6. The number of alkyl halides is 3. The summed E-state index contributed by atoms with van der Waals surface area (Å²) in [5.74, 6) is -2.07. The molecule has 3 fully saturated rings. The van der Waals surface area contributed by atoms with Gasteiger partial charge in [-0.15, -0.1) is 23.1 Å². The molecule has 0 aliphatic carbocycles. The zero-order valence-corrected chi connectivity index (χ0v) is 55.8. The van der Waals surface area contributed by atoms with Gasteiger partial charge in [-0.25, -0.2) is 26.5 Å². The number of likely N-dealkylation sites (tertiary alicyclic amines) is 1. The maximum absolute atomic E-state index is 14.4. The van der Waals surface area contributed by atoms with Crippen LogP contribution in [-0.4, -0.2) is 159 Å². The lowest BCUT2D eigenvalue weighted by Crippen LogP contribution is -2.57. The lowest BCUT2D eigenvalue weighted by molar-refractivity contribution is -0.144. The van der Waals surface area contributed by atoms with Gasteiger partial charge in [-0.05, 0) is 123 Å². The van der Waals surface area contributed by atoms with Crippen LogP contribution in [0.3, 0.4) is 0 Å². The van der Waals surface area contributed by atoms with Gasteiger partial charge < -0.3 is 35.8 Å². The molecule has 5 atom stereocenters. The van der Waals surface area contributed by atoms with Gasteiger partial charge >= 0.3 is 5.51 Å². The number of unbranched alkanes of at least 4 members (excludes halogenated alkanes) is 2. The van der Waals surface area contributed by atoms with Gasteiger partial charge in [0.05, 0.1) is 38.8 Å². The van der Waals surface area contributed by atoms with Crippen LogP contribution in [0.2, 0.25) is 0 Å². The van der Waals surface area contributed by atoms with Crippen LogP contribution in [0.25, 0.3) is 10.4 Å². The predicted molar refractivity (Wildman–Crippen MR) is 348 cm³/mol. The first-order chi connectivity index (χ1) is 42.9. The molecule has 4 aromatic carbocycles. The lowest BCUT2D eigenvalue weighted by atomic mass is 9.82. The molecule has 91 heavy (non-hydrogen) atoms. The fraction of sp³-hybridized carbons (Fsp3) is 0.508. The molecule has 19 nitrogen and oxygen atoms in total. The fourth-order valence-electron chi connectivity index (χ4n) is 11.4. The number of halogens is 3. The number of benzene rings is 4. The molecule has 3 aliphatic rings. The molecule has 3 saturated heterocycles. The third-order valence-electron chi connectivity index (χ3n) is 17.1. The topological polar surface area (TPSA) is 248 Å². The van der Waals surface area contributed by atoms with Crippen molar-refractivity contribution in [3.8, 4) is 10.4 Å². The Labute approximate surface area is 540 Å². The number of nitrogens with zero attached hydrogens (tertiary/aromatic N) is 5. The molecule has 0 saturated carbocycles. The van der Waals surface area contributed by atoms with Crippen molar-refractivity contribution in [1.82, 2.24) is 35.0 Å². The van der Waals surface area contributed by atoms with Crippen LogP contribution in [0.5, 0.6) is 0 Å². The number of aromatic nitrogens is 1. The van der Waals surface area contributed by atoms with Gasteiger partial charge in [0, 0.05) is 99.6 Å². The average molecular weight is 1340 g/mol. The Hall–Kier alpha value is -6.58. The van der Waals surface area contributed by atoms with E-state index in [1.54, 1.807) is 33.9 Å². The van der Waals surface area contributed by atoms with Crippen LogP contribution in [0.4, 0.5) is 24.5 Å². The highest BCUT2D eigenvalue weighted by Crippen LogP contribution is 2.38. The number of sulfonamides is 1. The molecule has 5 amide bonds. The Bertz CT molecular complexity index is 3570. The van der Waals surface area contributed by atoms with Crippen molar-refractivity contribution in [1.29, 1.82) is 0 Å². The summed E-state index contributed by atoms with van der Waals surface area (Å²) >= 11 is 2.94. The van der Waals surface area contributed by atoms with Crippen molar-refractivity contribution in [3.63, 3.8) is 0 Å². The molecular formula is C65H84F3N9O10S4. The number of sulfone groups is 1. The van der Waals surface area contributed by atoms with E-state index in [1.807, 2.05) is 93.9 Å². The van der Waals surface area contributed by atoms with Crippen molar-refractivity contribution in [2.24, 2.45) is 10.8 Å². The Morgan fingerprint density at radius 3 is 2.11 bits per heavy atom. The van der Waals surface area contributed by atoms with Crippen molar-refractivity contribution in [2.75, 3.05) is 68.3 Å². The first-order valence-electron chi connectivity index (χ1n) is 30.8. The van der Waals surface area contributed by atoms with E-state index in [1.165, 1.54) is 28.8 Å². The minimum Gasteiger partial charge on any atom is -0.391 e. The second-order valence-electron chi connectivity index (χ2n) is 25.7. The fourth-order valence-corrected chi connectivity index (χ4v) is 15.2. The van der Waals surface area contributed by atoms with Crippen molar-refractivity contribution in [2.45, 2.75) is 157 Å². The number of carbonyl (C=O) groups excluding carboxylic acids is 5. The highest BCUT2D eigenvalue weighted by Gasteiger charge is 2.49. The molecule has 0 bridgehead atoms. The number of thiazole rings is 1. The average Bonchev–Trinajstić information content (AvgIpc) is 1.24. The van der Waals surface area contributed by atoms with Crippen LogP contribution in [0, 0.1) is 17.8 Å². The normalized spacial score (nSPS) is 18.5. The number of anilines is 2. The first-order valence-corrected chi connectivity index (χ1v) is 35.6. The van der Waals surface area contributed by atoms with Gasteiger partial charge in [-0.1, -0.05) is 83.5 Å². The van der Waals surface area contributed by atoms with Gasteiger partial charge in [-0.3, -0.25) is 28.9 Å². The third-order valence-corrected chi connectivity index (χ3v) is 22.1. The Morgan fingerprint density at radius 2 is 1.48 bits per heavy atom. The third kappa shape index (κ3) is 18.6. The van der Waals surface area contributed by atoms with E-state index in [-0.39, 0.29) is 54.4 Å². The van der Waals surface area contributed by atoms with E-state index < -0.39 is 94.3 Å². The van der Waals surface area contributed by atoms with Crippen LogP contribution < -0.4 is 25.6 Å². The molecule has 26 heteroatoms. The number of nitrogens with one attached hydrogen (secondary N) is 4. The van der Waals surface area contributed by atoms with Gasteiger partial charge in [0.1, 0.15) is 17.0 Å². The second-order valence-corrected chi connectivity index (χ2v) is 31.2. The summed E-state index contributed by atoms with van der Waals surface area (Å²) in [6.45, 7) is 17.4. The Morgan fingerprint density at radius 1 is 0.824 bits per heavy atom. The van der Waals surface area contributed by atoms with Gasteiger partial charge in [0.2, 0.25) is 23.6 Å². The highest BCUT2D eigenvalue weighted by atomic mass is 32.2. The first kappa shape index (κ1) is 70.3. The number of aliphatic hydroxyl groups excluding tert-OH is 1. The van der Waals surface area contributed by atoms with Crippen molar-refractivity contribution >= 4 is 83.9 Å². The number of β-amino-alcohol motifs (C(OH)–C–C–N with tert-alkyl or cyclic N) is 1. The summed E-state index contributed by atoms with van der Waals surface area (Å²) < 4.78 is 99.0. The van der Waals surface area contributed by atoms with Gasteiger partial charge in [-0.2, -0.15) is 13.2 Å². The largest absolute Gasteiger partial charge is 0.501 e. The van der Waals surface area contributed by atoms with Crippen molar-refractivity contribution in [3.05, 3.63) is 119 Å². The van der Waals surface area contributed by atoms with Crippen LogP contribution in [-0.2, 0) is 39.0 Å². The van der Waals surface area contributed by atoms with E-state index >= 15 is 0 Å². The van der Waals surface area contributed by atoms with E-state index in [2.05, 4.69) is 44.6 Å². The number of aliphatic hydroxyl groups is 1. The number of hydrogen-bond donors (Lipinski definition) is 5. The van der Waals surface area contributed by atoms with E-state index in [4.69, 9.17) is 0 Å².